The quantitative estimate of drug-likeness (QED) is 0.530. The number of benzene rings is 2. The maximum atomic E-state index is 12.1. The first-order chi connectivity index (χ1) is 14.3. The molecule has 6 heteroatoms. The lowest BCUT2D eigenvalue weighted by Crippen LogP contribution is -2.36. The van der Waals surface area contributed by atoms with Gasteiger partial charge in [0, 0.05) is 36.2 Å². The molecule has 6 nitrogen and oxygen atoms in total. The lowest BCUT2D eigenvalue weighted by Gasteiger charge is -2.26. The lowest BCUT2D eigenvalue weighted by atomic mass is 10.1. The number of amides is 1. The van der Waals surface area contributed by atoms with Crippen molar-refractivity contribution in [2.45, 2.75) is 12.8 Å². The smallest absolute Gasteiger partial charge is 0.257 e. The molecule has 0 radical (unpaired) electrons. The first-order valence-corrected chi connectivity index (χ1v) is 10.2. The number of morpholine rings is 1. The first kappa shape index (κ1) is 19.5. The monoisotopic (exact) mass is 393 g/mol. The van der Waals surface area contributed by atoms with Crippen LogP contribution in [0.1, 0.15) is 18.4 Å². The Hall–Kier alpha value is -2.83. The molecule has 0 spiro atoms. The zero-order valence-electron chi connectivity index (χ0n) is 16.5. The Balaban J connectivity index is 1.22. The minimum Gasteiger partial charge on any atom is -0.494 e. The van der Waals surface area contributed by atoms with Crippen molar-refractivity contribution in [1.82, 2.24) is 4.90 Å². The minimum absolute atomic E-state index is 0.0873. The van der Waals surface area contributed by atoms with E-state index in [0.29, 0.717) is 5.57 Å². The largest absolute Gasteiger partial charge is 0.494 e. The topological polar surface area (TPSA) is 62.8 Å². The standard InChI is InChI=1S/C23H27N3O3/c27-23-21(20-5-1-2-6-22(20)25-23)17-24-18-7-9-19(10-8-18)29-14-4-3-11-26-12-15-28-16-13-26/h1-2,5-10,17,24H,3-4,11-16H2,(H,25,27). The second kappa shape index (κ2) is 9.58. The average Bonchev–Trinajstić information content (AvgIpc) is 3.08. The van der Waals surface area contributed by atoms with Crippen LogP contribution >= 0.6 is 0 Å². The molecular formula is C23H27N3O3. The van der Waals surface area contributed by atoms with Crippen LogP contribution in [0, 0.1) is 0 Å². The molecule has 0 aromatic heterocycles. The Morgan fingerprint density at radius 1 is 1.07 bits per heavy atom. The Bertz CT molecular complexity index is 858. The number of unbranched alkanes of at least 4 members (excludes halogenated alkanes) is 1. The molecule has 4 rings (SSSR count). The molecule has 0 saturated carbocycles. The van der Waals surface area contributed by atoms with Gasteiger partial charge in [-0.15, -0.1) is 0 Å². The maximum absolute atomic E-state index is 12.1. The van der Waals surface area contributed by atoms with Crippen LogP contribution < -0.4 is 15.4 Å². The van der Waals surface area contributed by atoms with Gasteiger partial charge in [0.2, 0.25) is 0 Å². The third-order valence-corrected chi connectivity index (χ3v) is 5.19. The fourth-order valence-electron chi connectivity index (χ4n) is 3.54. The number of para-hydroxylation sites is 1. The summed E-state index contributed by atoms with van der Waals surface area (Å²) in [6, 6.07) is 15.5. The van der Waals surface area contributed by atoms with Gasteiger partial charge in [-0.2, -0.15) is 0 Å². The van der Waals surface area contributed by atoms with E-state index in [1.54, 1.807) is 6.20 Å². The number of hydrogen-bond donors (Lipinski definition) is 2. The van der Waals surface area contributed by atoms with Gasteiger partial charge in [0.1, 0.15) is 5.75 Å². The Labute approximate surface area is 171 Å². The van der Waals surface area contributed by atoms with E-state index in [0.717, 1.165) is 75.0 Å². The van der Waals surface area contributed by atoms with Crippen molar-refractivity contribution in [3.63, 3.8) is 0 Å². The number of ether oxygens (including phenoxy) is 2. The molecular weight excluding hydrogens is 366 g/mol. The first-order valence-electron chi connectivity index (χ1n) is 10.2. The number of anilines is 2. The molecule has 29 heavy (non-hydrogen) atoms. The molecule has 2 aromatic carbocycles. The second-order valence-corrected chi connectivity index (χ2v) is 7.24. The van der Waals surface area contributed by atoms with Gasteiger partial charge in [0.05, 0.1) is 25.4 Å². The molecule has 0 bridgehead atoms. The highest BCUT2D eigenvalue weighted by Gasteiger charge is 2.23. The van der Waals surface area contributed by atoms with E-state index < -0.39 is 0 Å². The Kier molecular flexibility index (Phi) is 6.44. The van der Waals surface area contributed by atoms with Crippen molar-refractivity contribution < 1.29 is 14.3 Å². The summed E-state index contributed by atoms with van der Waals surface area (Å²) in [5.74, 6) is 0.772. The van der Waals surface area contributed by atoms with E-state index >= 15 is 0 Å². The highest BCUT2D eigenvalue weighted by molar-refractivity contribution is 6.31. The summed E-state index contributed by atoms with van der Waals surface area (Å²) in [5.41, 5.74) is 3.32. The normalized spacial score (nSPS) is 17.8. The molecule has 2 aliphatic rings. The lowest BCUT2D eigenvalue weighted by molar-refractivity contribution is -0.110. The zero-order valence-corrected chi connectivity index (χ0v) is 16.5. The third kappa shape index (κ3) is 5.16. The predicted octanol–water partition coefficient (Wildman–Crippen LogP) is 3.58. The zero-order chi connectivity index (χ0) is 19.9. The molecule has 2 aromatic rings. The fraction of sp³-hybridized carbons (Fsp3) is 0.348. The fourth-order valence-corrected chi connectivity index (χ4v) is 3.54. The van der Waals surface area contributed by atoms with E-state index in [2.05, 4.69) is 15.5 Å². The van der Waals surface area contributed by atoms with E-state index in [4.69, 9.17) is 9.47 Å². The minimum atomic E-state index is -0.0873. The number of carbonyl (C=O) groups is 1. The third-order valence-electron chi connectivity index (χ3n) is 5.19. The van der Waals surface area contributed by atoms with Crippen LogP contribution in [0.25, 0.3) is 5.57 Å². The summed E-state index contributed by atoms with van der Waals surface area (Å²) in [4.78, 5) is 14.6. The molecule has 0 unspecified atom stereocenters. The average molecular weight is 393 g/mol. The van der Waals surface area contributed by atoms with Crippen molar-refractivity contribution in [3.8, 4) is 5.75 Å². The van der Waals surface area contributed by atoms with E-state index in [1.807, 2.05) is 48.5 Å². The summed E-state index contributed by atoms with van der Waals surface area (Å²) in [5, 5.41) is 6.07. The van der Waals surface area contributed by atoms with E-state index in [-0.39, 0.29) is 5.91 Å². The summed E-state index contributed by atoms with van der Waals surface area (Å²) in [6.07, 6.45) is 3.93. The van der Waals surface area contributed by atoms with Crippen LogP contribution in [-0.4, -0.2) is 50.3 Å². The van der Waals surface area contributed by atoms with Crippen LogP contribution in [0.2, 0.25) is 0 Å². The summed E-state index contributed by atoms with van der Waals surface area (Å²) in [6.45, 7) is 5.62. The number of nitrogens with one attached hydrogen (secondary N) is 2. The van der Waals surface area contributed by atoms with Crippen molar-refractivity contribution in [2.24, 2.45) is 0 Å². The van der Waals surface area contributed by atoms with Crippen molar-refractivity contribution in [1.29, 1.82) is 0 Å². The van der Waals surface area contributed by atoms with Crippen LogP contribution in [0.5, 0.6) is 5.75 Å². The Morgan fingerprint density at radius 2 is 1.86 bits per heavy atom. The van der Waals surface area contributed by atoms with Gasteiger partial charge in [-0.1, -0.05) is 18.2 Å². The van der Waals surface area contributed by atoms with Crippen molar-refractivity contribution in [3.05, 3.63) is 60.3 Å². The second-order valence-electron chi connectivity index (χ2n) is 7.24. The Morgan fingerprint density at radius 3 is 2.69 bits per heavy atom. The van der Waals surface area contributed by atoms with Gasteiger partial charge >= 0.3 is 0 Å². The molecule has 1 fully saturated rings. The van der Waals surface area contributed by atoms with Gasteiger partial charge in [0.25, 0.3) is 5.91 Å². The van der Waals surface area contributed by atoms with Gasteiger partial charge < -0.3 is 20.1 Å². The van der Waals surface area contributed by atoms with Crippen LogP contribution in [0.15, 0.2) is 54.7 Å². The van der Waals surface area contributed by atoms with Crippen LogP contribution in [0.4, 0.5) is 11.4 Å². The highest BCUT2D eigenvalue weighted by Crippen LogP contribution is 2.31. The van der Waals surface area contributed by atoms with Crippen LogP contribution in [-0.2, 0) is 9.53 Å². The van der Waals surface area contributed by atoms with Crippen LogP contribution in [0.3, 0.4) is 0 Å². The van der Waals surface area contributed by atoms with Gasteiger partial charge in [0.15, 0.2) is 0 Å². The summed E-state index contributed by atoms with van der Waals surface area (Å²) >= 11 is 0. The maximum Gasteiger partial charge on any atom is 0.257 e. The van der Waals surface area contributed by atoms with Crippen molar-refractivity contribution in [2.75, 3.05) is 50.1 Å². The molecule has 2 N–H and O–H groups in total. The van der Waals surface area contributed by atoms with E-state index in [1.165, 1.54) is 0 Å². The number of nitrogens with zero attached hydrogens (tertiary/aromatic N) is 1. The molecule has 1 amide bonds. The molecule has 0 aliphatic carbocycles. The van der Waals surface area contributed by atoms with Gasteiger partial charge in [-0.05, 0) is 49.7 Å². The highest BCUT2D eigenvalue weighted by atomic mass is 16.5. The van der Waals surface area contributed by atoms with Crippen molar-refractivity contribution >= 4 is 22.9 Å². The predicted molar refractivity (Wildman–Crippen MR) is 115 cm³/mol. The molecule has 152 valence electrons. The number of rotatable bonds is 8. The summed E-state index contributed by atoms with van der Waals surface area (Å²) in [7, 11) is 0. The molecule has 2 heterocycles. The number of fused-ring (bicyclic) bond motifs is 1. The summed E-state index contributed by atoms with van der Waals surface area (Å²) < 4.78 is 11.2. The molecule has 0 atom stereocenters. The molecule has 1 saturated heterocycles. The molecule has 2 aliphatic heterocycles. The van der Waals surface area contributed by atoms with E-state index in [9.17, 15) is 4.79 Å². The number of carbonyl (C=O) groups excluding carboxylic acids is 1. The number of hydrogen-bond acceptors (Lipinski definition) is 5. The van der Waals surface area contributed by atoms with Gasteiger partial charge in [-0.25, -0.2) is 0 Å². The van der Waals surface area contributed by atoms with Gasteiger partial charge in [-0.3, -0.25) is 9.69 Å². The SMILES string of the molecule is O=C1Nc2ccccc2C1=CNc1ccc(OCCCCN2CCOCC2)cc1.